The van der Waals surface area contributed by atoms with Crippen molar-refractivity contribution in [3.63, 3.8) is 0 Å². The van der Waals surface area contributed by atoms with Crippen LogP contribution in [0.15, 0.2) is 0 Å². The molecule has 0 fully saturated rings. The zero-order chi connectivity index (χ0) is 29.0. The molecule has 0 aromatic carbocycles. The summed E-state index contributed by atoms with van der Waals surface area (Å²) in [5.41, 5.74) is 0. The lowest BCUT2D eigenvalue weighted by Gasteiger charge is -2.29. The lowest BCUT2D eigenvalue weighted by atomic mass is 9.96. The van der Waals surface area contributed by atoms with Gasteiger partial charge in [0.05, 0.1) is 0 Å². The average molecular weight is 552 g/mol. The van der Waals surface area contributed by atoms with Crippen LogP contribution < -0.4 is 0 Å². The Balaban J connectivity index is 4.18. The predicted molar refractivity (Wildman–Crippen MR) is 174 cm³/mol. The third-order valence-corrected chi connectivity index (χ3v) is 8.37. The molecule has 0 saturated carbocycles. The molecule has 0 N–H and O–H groups in total. The van der Waals surface area contributed by atoms with Crippen LogP contribution in [0.1, 0.15) is 196 Å². The molecule has 3 heteroatoms. The van der Waals surface area contributed by atoms with E-state index in [4.69, 9.17) is 4.74 Å². The summed E-state index contributed by atoms with van der Waals surface area (Å²) in [5, 5.41) is 0. The summed E-state index contributed by atoms with van der Waals surface area (Å²) in [4.78, 5) is 15.2. The van der Waals surface area contributed by atoms with Gasteiger partial charge in [0.25, 0.3) is 0 Å². The monoisotopic (exact) mass is 552 g/mol. The maximum Gasteiger partial charge on any atom is 0.410 e. The fraction of sp³-hybridized carbons (Fsp3) is 0.972. The van der Waals surface area contributed by atoms with Crippen molar-refractivity contribution in [1.29, 1.82) is 0 Å². The SMILES string of the molecule is CCCCCCCCCCCCCCN(CCCCCCCCCCCCCC)C(=O)OC(C(C)C)C(C)C. The number of unbranched alkanes of at least 4 members (excludes halogenated alkanes) is 22. The third-order valence-electron chi connectivity index (χ3n) is 8.37. The highest BCUT2D eigenvalue weighted by Crippen LogP contribution is 2.19. The first kappa shape index (κ1) is 38.3. The molecular formula is C36H73NO2. The van der Waals surface area contributed by atoms with Crippen LogP contribution in [0.2, 0.25) is 0 Å². The van der Waals surface area contributed by atoms with Crippen LogP contribution >= 0.6 is 0 Å². The lowest BCUT2D eigenvalue weighted by molar-refractivity contribution is 0.0179. The number of hydrogen-bond donors (Lipinski definition) is 0. The second kappa shape index (κ2) is 28.8. The molecule has 0 aliphatic rings. The summed E-state index contributed by atoms with van der Waals surface area (Å²) in [6, 6.07) is 0. The quantitative estimate of drug-likeness (QED) is 0.0865. The van der Waals surface area contributed by atoms with E-state index >= 15 is 0 Å². The van der Waals surface area contributed by atoms with Gasteiger partial charge in [0, 0.05) is 13.1 Å². The summed E-state index contributed by atoms with van der Waals surface area (Å²) >= 11 is 0. The highest BCUT2D eigenvalue weighted by atomic mass is 16.6. The Morgan fingerprint density at radius 1 is 0.462 bits per heavy atom. The van der Waals surface area contributed by atoms with Gasteiger partial charge in [-0.25, -0.2) is 4.79 Å². The number of carbonyl (C=O) groups is 1. The molecule has 0 bridgehead atoms. The molecule has 3 nitrogen and oxygen atoms in total. The molecule has 0 radical (unpaired) electrons. The molecule has 0 aliphatic heterocycles. The molecule has 0 saturated heterocycles. The smallest absolute Gasteiger partial charge is 0.410 e. The average Bonchev–Trinajstić information content (AvgIpc) is 2.91. The van der Waals surface area contributed by atoms with Crippen LogP contribution in [-0.2, 0) is 4.74 Å². The van der Waals surface area contributed by atoms with E-state index < -0.39 is 0 Å². The van der Waals surface area contributed by atoms with Crippen LogP contribution in [0.3, 0.4) is 0 Å². The van der Waals surface area contributed by atoms with Crippen molar-refractivity contribution in [3.8, 4) is 0 Å². The first-order valence-electron chi connectivity index (χ1n) is 17.9. The Morgan fingerprint density at radius 2 is 0.718 bits per heavy atom. The van der Waals surface area contributed by atoms with Gasteiger partial charge in [-0.3, -0.25) is 0 Å². The Kier molecular flexibility index (Phi) is 28.2. The lowest BCUT2D eigenvalue weighted by Crippen LogP contribution is -2.39. The van der Waals surface area contributed by atoms with Crippen molar-refractivity contribution < 1.29 is 9.53 Å². The highest BCUT2D eigenvalue weighted by Gasteiger charge is 2.24. The van der Waals surface area contributed by atoms with Gasteiger partial charge in [0.2, 0.25) is 0 Å². The van der Waals surface area contributed by atoms with Crippen molar-refractivity contribution in [2.75, 3.05) is 13.1 Å². The van der Waals surface area contributed by atoms with E-state index in [-0.39, 0.29) is 12.2 Å². The summed E-state index contributed by atoms with van der Waals surface area (Å²) in [5.74, 6) is 0.711. The maximum atomic E-state index is 13.1. The van der Waals surface area contributed by atoms with E-state index in [2.05, 4.69) is 41.5 Å². The second-order valence-electron chi connectivity index (χ2n) is 13.1. The molecular weight excluding hydrogens is 478 g/mol. The minimum atomic E-state index is -0.0754. The Hall–Kier alpha value is -0.730. The Labute approximate surface area is 247 Å². The van der Waals surface area contributed by atoms with E-state index in [9.17, 15) is 4.79 Å². The van der Waals surface area contributed by atoms with Crippen molar-refractivity contribution in [1.82, 2.24) is 4.90 Å². The predicted octanol–water partition coefficient (Wildman–Crippen LogP) is 12.5. The van der Waals surface area contributed by atoms with Crippen LogP contribution in [0, 0.1) is 11.8 Å². The number of carbonyl (C=O) groups excluding carboxylic acids is 1. The molecule has 39 heavy (non-hydrogen) atoms. The zero-order valence-corrected chi connectivity index (χ0v) is 27.9. The van der Waals surface area contributed by atoms with E-state index in [0.717, 1.165) is 25.9 Å². The maximum absolute atomic E-state index is 13.1. The van der Waals surface area contributed by atoms with Gasteiger partial charge in [-0.05, 0) is 24.7 Å². The molecule has 0 aromatic heterocycles. The van der Waals surface area contributed by atoms with Gasteiger partial charge >= 0.3 is 6.09 Å². The number of ether oxygens (including phenoxy) is 1. The standard InChI is InChI=1S/C36H73NO2/c1-7-9-11-13-15-17-19-21-23-25-27-29-31-37(36(38)39-35(33(3)4)34(5)6)32-30-28-26-24-22-20-18-16-14-12-10-8-2/h33-35H,7-32H2,1-6H3. The molecule has 0 heterocycles. The Bertz CT molecular complexity index is 468. The number of amides is 1. The molecule has 0 aromatic rings. The third kappa shape index (κ3) is 24.8. The van der Waals surface area contributed by atoms with Crippen molar-refractivity contribution in [3.05, 3.63) is 0 Å². The molecule has 234 valence electrons. The molecule has 0 spiro atoms. The van der Waals surface area contributed by atoms with E-state index in [1.165, 1.54) is 141 Å². The van der Waals surface area contributed by atoms with Gasteiger partial charge in [-0.1, -0.05) is 183 Å². The number of nitrogens with zero attached hydrogens (tertiary/aromatic N) is 1. The molecule has 0 atom stereocenters. The summed E-state index contributed by atoms with van der Waals surface area (Å²) < 4.78 is 6.04. The first-order valence-corrected chi connectivity index (χ1v) is 17.9. The largest absolute Gasteiger partial charge is 0.446 e. The van der Waals surface area contributed by atoms with Crippen LogP contribution in [-0.4, -0.2) is 30.2 Å². The molecule has 1 amide bonds. The minimum absolute atomic E-state index is 0.00365. The van der Waals surface area contributed by atoms with E-state index in [0.29, 0.717) is 11.8 Å². The fourth-order valence-corrected chi connectivity index (χ4v) is 5.81. The highest BCUT2D eigenvalue weighted by molar-refractivity contribution is 5.67. The van der Waals surface area contributed by atoms with Crippen LogP contribution in [0.4, 0.5) is 4.79 Å². The summed E-state index contributed by atoms with van der Waals surface area (Å²) in [6.45, 7) is 15.0. The van der Waals surface area contributed by atoms with Crippen molar-refractivity contribution in [2.45, 2.75) is 202 Å². The summed E-state index contributed by atoms with van der Waals surface area (Å²) in [6.07, 6.45) is 32.3. The zero-order valence-electron chi connectivity index (χ0n) is 27.9. The van der Waals surface area contributed by atoms with E-state index in [1.807, 2.05) is 4.90 Å². The van der Waals surface area contributed by atoms with Crippen molar-refractivity contribution >= 4 is 6.09 Å². The normalized spacial score (nSPS) is 11.7. The first-order chi connectivity index (χ1) is 18.9. The van der Waals surface area contributed by atoms with Crippen LogP contribution in [0.5, 0.6) is 0 Å². The number of hydrogen-bond acceptors (Lipinski definition) is 2. The summed E-state index contributed by atoms with van der Waals surface area (Å²) in [7, 11) is 0. The Morgan fingerprint density at radius 3 is 0.974 bits per heavy atom. The second-order valence-corrected chi connectivity index (χ2v) is 13.1. The molecule has 0 aliphatic carbocycles. The van der Waals surface area contributed by atoms with Gasteiger partial charge in [0.1, 0.15) is 6.10 Å². The van der Waals surface area contributed by atoms with Gasteiger partial charge in [0.15, 0.2) is 0 Å². The topological polar surface area (TPSA) is 29.5 Å². The van der Waals surface area contributed by atoms with E-state index in [1.54, 1.807) is 0 Å². The van der Waals surface area contributed by atoms with Gasteiger partial charge < -0.3 is 9.64 Å². The van der Waals surface area contributed by atoms with Crippen molar-refractivity contribution in [2.24, 2.45) is 11.8 Å². The number of rotatable bonds is 29. The minimum Gasteiger partial charge on any atom is -0.446 e. The van der Waals surface area contributed by atoms with Gasteiger partial charge in [-0.2, -0.15) is 0 Å². The van der Waals surface area contributed by atoms with Crippen LogP contribution in [0.25, 0.3) is 0 Å². The molecule has 0 unspecified atom stereocenters. The van der Waals surface area contributed by atoms with Gasteiger partial charge in [-0.15, -0.1) is 0 Å². The fourth-order valence-electron chi connectivity index (χ4n) is 5.81. The molecule has 0 rings (SSSR count).